The molecule has 1 aliphatic rings. The normalized spacial score (nSPS) is 28.3. The summed E-state index contributed by atoms with van der Waals surface area (Å²) < 4.78 is 0. The molecular weight excluding hydrogens is 232 g/mol. The van der Waals surface area contributed by atoms with Crippen LogP contribution in [-0.2, 0) is 0 Å². The molecule has 1 unspecified atom stereocenters. The van der Waals surface area contributed by atoms with Crippen molar-refractivity contribution in [2.45, 2.75) is 33.1 Å². The van der Waals surface area contributed by atoms with Gasteiger partial charge in [-0.25, -0.2) is 0 Å². The van der Waals surface area contributed by atoms with Crippen LogP contribution in [0.3, 0.4) is 0 Å². The highest BCUT2D eigenvalue weighted by molar-refractivity contribution is 7.99. The molecule has 0 spiro atoms. The monoisotopic (exact) mass is 256 g/mol. The van der Waals surface area contributed by atoms with Crippen molar-refractivity contribution >= 4 is 11.8 Å². The third-order valence-electron chi connectivity index (χ3n) is 3.31. The number of rotatable bonds is 2. The first-order chi connectivity index (χ1) is 7.77. The van der Waals surface area contributed by atoms with Gasteiger partial charge >= 0.3 is 0 Å². The van der Waals surface area contributed by atoms with Crippen molar-refractivity contribution in [2.75, 3.05) is 19.8 Å². The van der Waals surface area contributed by atoms with Gasteiger partial charge in [0.1, 0.15) is 0 Å². The summed E-state index contributed by atoms with van der Waals surface area (Å²) in [4.78, 5) is 0. The van der Waals surface area contributed by atoms with Gasteiger partial charge in [-0.2, -0.15) is 10.2 Å². The second-order valence-corrected chi connectivity index (χ2v) is 6.74. The lowest BCUT2D eigenvalue weighted by atomic mass is 9.81. The molecule has 1 aliphatic heterocycles. The molecule has 4 nitrogen and oxygen atoms in total. The summed E-state index contributed by atoms with van der Waals surface area (Å²) in [6.45, 7) is 8.69. The Kier molecular flexibility index (Phi) is 4.25. The van der Waals surface area contributed by atoms with Gasteiger partial charge in [-0.15, -0.1) is 11.8 Å². The maximum Gasteiger partial charge on any atom is 0.0900 e. The largest absolute Gasteiger partial charge is 0.389 e. The SMILES string of the molecule is C/N=N\C1=C(NC)C(C)(C)CSC(N)C1(C)C. The standard InChI is InChI=1S/C12H24N4S/c1-11(2)7-17-10(13)12(3,4)9(16-15-6)8(11)14-5/h10,14H,7,13H2,1-6H3/b16-15-. The lowest BCUT2D eigenvalue weighted by molar-refractivity contribution is 0.399. The second-order valence-electron chi connectivity index (χ2n) is 5.61. The maximum atomic E-state index is 6.27. The Morgan fingerprint density at radius 2 is 1.94 bits per heavy atom. The molecule has 0 saturated carbocycles. The molecule has 3 N–H and O–H groups in total. The van der Waals surface area contributed by atoms with E-state index in [1.807, 2.05) is 7.05 Å². The molecule has 0 radical (unpaired) electrons. The molecule has 0 saturated heterocycles. The lowest BCUT2D eigenvalue weighted by Crippen LogP contribution is -2.36. The molecular formula is C12H24N4S. The summed E-state index contributed by atoms with van der Waals surface area (Å²) >= 11 is 1.80. The van der Waals surface area contributed by atoms with E-state index >= 15 is 0 Å². The first-order valence-electron chi connectivity index (χ1n) is 5.87. The van der Waals surface area contributed by atoms with Crippen molar-refractivity contribution in [1.82, 2.24) is 5.32 Å². The zero-order valence-corrected chi connectivity index (χ0v) is 12.5. The zero-order valence-electron chi connectivity index (χ0n) is 11.7. The Morgan fingerprint density at radius 3 is 2.41 bits per heavy atom. The van der Waals surface area contributed by atoms with Gasteiger partial charge in [0.05, 0.1) is 11.1 Å². The molecule has 98 valence electrons. The molecule has 0 amide bonds. The first kappa shape index (κ1) is 14.5. The fourth-order valence-electron chi connectivity index (χ4n) is 2.09. The van der Waals surface area contributed by atoms with E-state index in [2.05, 4.69) is 43.2 Å². The van der Waals surface area contributed by atoms with Crippen LogP contribution in [0.1, 0.15) is 27.7 Å². The van der Waals surface area contributed by atoms with Gasteiger partial charge in [0.15, 0.2) is 0 Å². The van der Waals surface area contributed by atoms with Gasteiger partial charge in [-0.3, -0.25) is 0 Å². The van der Waals surface area contributed by atoms with Crippen LogP contribution in [0.25, 0.3) is 0 Å². The van der Waals surface area contributed by atoms with Crippen molar-refractivity contribution in [3.8, 4) is 0 Å². The van der Waals surface area contributed by atoms with E-state index in [9.17, 15) is 0 Å². The van der Waals surface area contributed by atoms with Gasteiger partial charge in [0.25, 0.3) is 0 Å². The molecule has 1 atom stereocenters. The van der Waals surface area contributed by atoms with Crippen LogP contribution in [0.5, 0.6) is 0 Å². The average Bonchev–Trinajstić information content (AvgIpc) is 2.30. The number of azo groups is 1. The van der Waals surface area contributed by atoms with E-state index in [4.69, 9.17) is 5.73 Å². The highest BCUT2D eigenvalue weighted by atomic mass is 32.2. The van der Waals surface area contributed by atoms with Gasteiger partial charge in [0.2, 0.25) is 0 Å². The van der Waals surface area contributed by atoms with Gasteiger partial charge in [0, 0.05) is 36.4 Å². The molecule has 1 rings (SSSR count). The van der Waals surface area contributed by atoms with Crippen LogP contribution < -0.4 is 11.1 Å². The smallest absolute Gasteiger partial charge is 0.0900 e. The molecule has 0 aromatic heterocycles. The Morgan fingerprint density at radius 1 is 1.35 bits per heavy atom. The maximum absolute atomic E-state index is 6.27. The van der Waals surface area contributed by atoms with E-state index in [1.54, 1.807) is 18.8 Å². The molecule has 17 heavy (non-hydrogen) atoms. The highest BCUT2D eigenvalue weighted by Crippen LogP contribution is 2.46. The number of nitrogens with two attached hydrogens (primary N) is 1. The Balaban J connectivity index is 3.43. The summed E-state index contributed by atoms with van der Waals surface area (Å²) in [7, 11) is 3.65. The predicted molar refractivity (Wildman–Crippen MR) is 74.9 cm³/mol. The Labute approximate surface area is 109 Å². The summed E-state index contributed by atoms with van der Waals surface area (Å²) in [5.74, 6) is 0.983. The van der Waals surface area contributed by atoms with Crippen LogP contribution >= 0.6 is 11.8 Å². The highest BCUT2D eigenvalue weighted by Gasteiger charge is 2.41. The minimum atomic E-state index is -0.184. The van der Waals surface area contributed by atoms with Crippen LogP contribution in [0.2, 0.25) is 0 Å². The van der Waals surface area contributed by atoms with E-state index in [-0.39, 0.29) is 16.2 Å². The molecule has 0 aliphatic carbocycles. The fraction of sp³-hybridized carbons (Fsp3) is 0.833. The first-order valence-corrected chi connectivity index (χ1v) is 6.92. The van der Waals surface area contributed by atoms with E-state index in [1.165, 1.54) is 0 Å². The van der Waals surface area contributed by atoms with Crippen molar-refractivity contribution in [2.24, 2.45) is 26.8 Å². The van der Waals surface area contributed by atoms with Gasteiger partial charge < -0.3 is 11.1 Å². The fourth-order valence-corrected chi connectivity index (χ4v) is 3.36. The number of hydrogen-bond donors (Lipinski definition) is 2. The summed E-state index contributed by atoms with van der Waals surface area (Å²) in [5.41, 5.74) is 8.25. The number of nitrogens with zero attached hydrogens (tertiary/aromatic N) is 2. The van der Waals surface area contributed by atoms with Gasteiger partial charge in [-0.1, -0.05) is 27.7 Å². The average molecular weight is 256 g/mol. The molecule has 0 bridgehead atoms. The van der Waals surface area contributed by atoms with Crippen molar-refractivity contribution in [3.05, 3.63) is 11.4 Å². The minimum Gasteiger partial charge on any atom is -0.389 e. The number of thioether (sulfide) groups is 1. The Bertz CT molecular complexity index is 344. The second kappa shape index (κ2) is 4.98. The summed E-state index contributed by atoms with van der Waals surface area (Å²) in [6.07, 6.45) is 0. The van der Waals surface area contributed by atoms with Crippen LogP contribution in [0.4, 0.5) is 0 Å². The van der Waals surface area contributed by atoms with Crippen LogP contribution in [0.15, 0.2) is 21.6 Å². The number of allylic oxidation sites excluding steroid dienone is 1. The third kappa shape index (κ3) is 2.65. The van der Waals surface area contributed by atoms with Crippen LogP contribution in [-0.4, -0.2) is 25.2 Å². The van der Waals surface area contributed by atoms with Crippen LogP contribution in [0, 0.1) is 10.8 Å². The molecule has 1 heterocycles. The molecule has 0 aromatic carbocycles. The molecule has 0 aromatic rings. The van der Waals surface area contributed by atoms with E-state index < -0.39 is 0 Å². The van der Waals surface area contributed by atoms with Crippen molar-refractivity contribution in [3.63, 3.8) is 0 Å². The lowest BCUT2D eigenvalue weighted by Gasteiger charge is -2.31. The minimum absolute atomic E-state index is 0.0353. The predicted octanol–water partition coefficient (Wildman–Crippen LogP) is 2.58. The third-order valence-corrected chi connectivity index (χ3v) is 5.15. The molecule has 5 heteroatoms. The summed E-state index contributed by atoms with van der Waals surface area (Å²) in [6, 6.07) is 0. The number of nitrogens with one attached hydrogen (secondary N) is 1. The van der Waals surface area contributed by atoms with Crippen molar-refractivity contribution in [1.29, 1.82) is 0 Å². The topological polar surface area (TPSA) is 62.8 Å². The van der Waals surface area contributed by atoms with Crippen molar-refractivity contribution < 1.29 is 0 Å². The quantitative estimate of drug-likeness (QED) is 0.746. The van der Waals surface area contributed by atoms with E-state index in [0.717, 1.165) is 17.1 Å². The summed E-state index contributed by atoms with van der Waals surface area (Å²) in [5, 5.41) is 11.6. The van der Waals surface area contributed by atoms with Gasteiger partial charge in [-0.05, 0) is 0 Å². The Hall–Kier alpha value is -0.550. The van der Waals surface area contributed by atoms with E-state index in [0.29, 0.717) is 0 Å². The molecule has 0 fully saturated rings. The number of hydrogen-bond acceptors (Lipinski definition) is 5. The zero-order chi connectivity index (χ0) is 13.3.